The molecule has 0 radical (unpaired) electrons. The number of methoxy groups -OCH3 is 1. The predicted octanol–water partition coefficient (Wildman–Crippen LogP) is 2.45. The van der Waals surface area contributed by atoms with E-state index < -0.39 is 0 Å². The molecule has 1 aromatic rings. The number of benzene rings is 1. The van der Waals surface area contributed by atoms with E-state index in [1.165, 1.54) is 43.7 Å². The lowest BCUT2D eigenvalue weighted by Crippen LogP contribution is -2.44. The van der Waals surface area contributed by atoms with Gasteiger partial charge in [0.05, 0.1) is 7.11 Å². The van der Waals surface area contributed by atoms with Crippen LogP contribution in [0.2, 0.25) is 0 Å². The minimum Gasteiger partial charge on any atom is -0.496 e. The molecule has 104 valence electrons. The van der Waals surface area contributed by atoms with E-state index in [1.807, 2.05) is 0 Å². The fourth-order valence-corrected chi connectivity index (χ4v) is 3.52. The molecule has 0 aliphatic carbocycles. The van der Waals surface area contributed by atoms with Crippen molar-refractivity contribution in [3.05, 3.63) is 23.8 Å². The maximum Gasteiger partial charge on any atom is 0.122 e. The topological polar surface area (TPSA) is 24.5 Å². The van der Waals surface area contributed by atoms with Crippen LogP contribution in [0.3, 0.4) is 0 Å². The summed E-state index contributed by atoms with van der Waals surface area (Å²) in [6.07, 6.45) is 3.63. The van der Waals surface area contributed by atoms with Gasteiger partial charge in [-0.15, -0.1) is 0 Å². The highest BCUT2D eigenvalue weighted by Gasteiger charge is 2.32. The second kappa shape index (κ2) is 5.41. The molecule has 0 saturated carbocycles. The van der Waals surface area contributed by atoms with Crippen molar-refractivity contribution in [2.75, 3.05) is 31.6 Å². The van der Waals surface area contributed by atoms with Crippen molar-refractivity contribution >= 4 is 5.69 Å². The van der Waals surface area contributed by atoms with E-state index in [0.29, 0.717) is 0 Å². The molecule has 2 fully saturated rings. The van der Waals surface area contributed by atoms with Gasteiger partial charge in [-0.05, 0) is 55.5 Å². The molecule has 3 heteroatoms. The first-order valence-corrected chi connectivity index (χ1v) is 7.47. The molecule has 19 heavy (non-hydrogen) atoms. The van der Waals surface area contributed by atoms with Crippen LogP contribution >= 0.6 is 0 Å². The van der Waals surface area contributed by atoms with Gasteiger partial charge in [-0.2, -0.15) is 0 Å². The summed E-state index contributed by atoms with van der Waals surface area (Å²) in [6.45, 7) is 5.76. The monoisotopic (exact) mass is 260 g/mol. The Bertz CT molecular complexity index is 446. The molecule has 0 aromatic heterocycles. The number of aryl methyl sites for hydroxylation is 1. The molecule has 0 bridgehead atoms. The van der Waals surface area contributed by atoms with Gasteiger partial charge in [0.25, 0.3) is 0 Å². The minimum atomic E-state index is 0.764. The fourth-order valence-electron chi connectivity index (χ4n) is 3.52. The minimum absolute atomic E-state index is 0.764. The zero-order chi connectivity index (χ0) is 13.2. The van der Waals surface area contributed by atoms with Gasteiger partial charge in [0.1, 0.15) is 5.75 Å². The summed E-state index contributed by atoms with van der Waals surface area (Å²) in [6, 6.07) is 7.40. The van der Waals surface area contributed by atoms with E-state index in [4.69, 9.17) is 4.74 Å². The number of anilines is 1. The number of piperidine rings is 1. The number of nitrogens with one attached hydrogen (secondary N) is 1. The largest absolute Gasteiger partial charge is 0.496 e. The maximum atomic E-state index is 5.42. The number of hydrogen-bond acceptors (Lipinski definition) is 3. The number of fused-ring (bicyclic) bond motifs is 1. The average Bonchev–Trinajstić information content (AvgIpc) is 2.93. The van der Waals surface area contributed by atoms with Crippen molar-refractivity contribution in [3.8, 4) is 5.75 Å². The fraction of sp³-hybridized carbons (Fsp3) is 0.625. The van der Waals surface area contributed by atoms with Gasteiger partial charge < -0.3 is 15.0 Å². The molecule has 3 rings (SSSR count). The van der Waals surface area contributed by atoms with Crippen LogP contribution in [0.4, 0.5) is 5.69 Å². The Balaban J connectivity index is 1.78. The molecular weight excluding hydrogens is 236 g/mol. The predicted molar refractivity (Wildman–Crippen MR) is 79.1 cm³/mol. The van der Waals surface area contributed by atoms with Crippen molar-refractivity contribution in [2.24, 2.45) is 5.92 Å². The molecule has 0 spiro atoms. The van der Waals surface area contributed by atoms with Crippen LogP contribution in [0.15, 0.2) is 18.2 Å². The number of hydrogen-bond donors (Lipinski definition) is 1. The Morgan fingerprint density at radius 3 is 3.05 bits per heavy atom. The van der Waals surface area contributed by atoms with Gasteiger partial charge in [-0.3, -0.25) is 0 Å². The Hall–Kier alpha value is -1.22. The second-order valence-electron chi connectivity index (χ2n) is 5.69. The lowest BCUT2D eigenvalue weighted by Gasteiger charge is -2.36. The van der Waals surface area contributed by atoms with E-state index >= 15 is 0 Å². The third-order valence-electron chi connectivity index (χ3n) is 4.67. The maximum absolute atomic E-state index is 5.42. The molecule has 2 saturated heterocycles. The first-order chi connectivity index (χ1) is 9.31. The van der Waals surface area contributed by atoms with Crippen molar-refractivity contribution in [2.45, 2.75) is 32.2 Å². The highest BCUT2D eigenvalue weighted by molar-refractivity contribution is 5.53. The molecule has 3 nitrogen and oxygen atoms in total. The Kier molecular flexibility index (Phi) is 3.65. The van der Waals surface area contributed by atoms with Gasteiger partial charge in [0.2, 0.25) is 0 Å². The molecule has 1 N–H and O–H groups in total. The van der Waals surface area contributed by atoms with Gasteiger partial charge in [0.15, 0.2) is 0 Å². The van der Waals surface area contributed by atoms with E-state index in [9.17, 15) is 0 Å². The highest BCUT2D eigenvalue weighted by atomic mass is 16.5. The molecule has 2 heterocycles. The Morgan fingerprint density at radius 2 is 2.26 bits per heavy atom. The van der Waals surface area contributed by atoms with Crippen LogP contribution in [0.1, 0.15) is 25.3 Å². The Labute approximate surface area is 115 Å². The van der Waals surface area contributed by atoms with Crippen LogP contribution in [-0.4, -0.2) is 32.8 Å². The van der Waals surface area contributed by atoms with Crippen LogP contribution in [0.25, 0.3) is 0 Å². The summed E-state index contributed by atoms with van der Waals surface area (Å²) in [5.41, 5.74) is 2.68. The summed E-state index contributed by atoms with van der Waals surface area (Å²) < 4.78 is 5.42. The zero-order valence-electron chi connectivity index (χ0n) is 12.0. The van der Waals surface area contributed by atoms with Crippen LogP contribution in [0.5, 0.6) is 5.75 Å². The summed E-state index contributed by atoms with van der Waals surface area (Å²) in [4.78, 5) is 2.55. The van der Waals surface area contributed by atoms with Gasteiger partial charge in [-0.25, -0.2) is 0 Å². The van der Waals surface area contributed by atoms with Crippen LogP contribution in [0, 0.1) is 5.92 Å². The van der Waals surface area contributed by atoms with Gasteiger partial charge in [-0.1, -0.05) is 6.92 Å². The lowest BCUT2D eigenvalue weighted by atomic mass is 9.93. The van der Waals surface area contributed by atoms with E-state index in [1.54, 1.807) is 7.11 Å². The number of rotatable bonds is 3. The smallest absolute Gasteiger partial charge is 0.122 e. The molecule has 0 amide bonds. The van der Waals surface area contributed by atoms with E-state index in [2.05, 4.69) is 35.3 Å². The van der Waals surface area contributed by atoms with E-state index in [-0.39, 0.29) is 0 Å². The van der Waals surface area contributed by atoms with Crippen molar-refractivity contribution < 1.29 is 4.74 Å². The lowest BCUT2D eigenvalue weighted by molar-refractivity contribution is 0.376. The third kappa shape index (κ3) is 2.44. The summed E-state index contributed by atoms with van der Waals surface area (Å²) >= 11 is 0. The zero-order valence-corrected chi connectivity index (χ0v) is 12.0. The van der Waals surface area contributed by atoms with Crippen LogP contribution in [-0.2, 0) is 6.42 Å². The number of ether oxygens (including phenoxy) is 1. The van der Waals surface area contributed by atoms with Crippen molar-refractivity contribution in [1.82, 2.24) is 5.32 Å². The van der Waals surface area contributed by atoms with Crippen molar-refractivity contribution in [3.63, 3.8) is 0 Å². The summed E-state index contributed by atoms with van der Waals surface area (Å²) in [5.74, 6) is 1.85. The quantitative estimate of drug-likeness (QED) is 0.903. The molecule has 2 aliphatic rings. The Morgan fingerprint density at radius 1 is 1.37 bits per heavy atom. The molecular formula is C16H24N2O. The van der Waals surface area contributed by atoms with Crippen LogP contribution < -0.4 is 15.0 Å². The molecule has 2 unspecified atom stereocenters. The average molecular weight is 260 g/mol. The van der Waals surface area contributed by atoms with Crippen molar-refractivity contribution in [1.29, 1.82) is 0 Å². The standard InChI is InChI=1S/C16H24N2O/c1-3-12-10-14(4-5-16(12)19-2)18-9-7-15-13(11-18)6-8-17-15/h4-5,10,13,15,17H,3,6-9,11H2,1-2H3. The first kappa shape index (κ1) is 12.8. The second-order valence-corrected chi connectivity index (χ2v) is 5.69. The SMILES string of the molecule is CCc1cc(N2CCC3NCCC3C2)ccc1OC. The third-order valence-corrected chi connectivity index (χ3v) is 4.67. The van der Waals surface area contributed by atoms with Gasteiger partial charge >= 0.3 is 0 Å². The molecule has 1 aromatic carbocycles. The number of nitrogens with zero attached hydrogens (tertiary/aromatic N) is 1. The summed E-state index contributed by atoms with van der Waals surface area (Å²) in [5, 5.41) is 3.62. The normalized spacial score (nSPS) is 26.3. The molecule has 2 atom stereocenters. The molecule has 2 aliphatic heterocycles. The highest BCUT2D eigenvalue weighted by Crippen LogP contribution is 2.31. The van der Waals surface area contributed by atoms with Gasteiger partial charge in [0, 0.05) is 24.8 Å². The van der Waals surface area contributed by atoms with E-state index in [0.717, 1.165) is 24.1 Å². The summed E-state index contributed by atoms with van der Waals surface area (Å²) in [7, 11) is 1.75. The first-order valence-electron chi connectivity index (χ1n) is 7.47.